The van der Waals surface area contributed by atoms with Crippen LogP contribution in [-0.4, -0.2) is 45.1 Å². The van der Waals surface area contributed by atoms with E-state index >= 15 is 0 Å². The smallest absolute Gasteiger partial charge is 0.0774 e. The van der Waals surface area contributed by atoms with Crippen LogP contribution in [0.4, 0.5) is 0 Å². The van der Waals surface area contributed by atoms with E-state index < -0.39 is 0 Å². The molecule has 4 heterocycles. The van der Waals surface area contributed by atoms with E-state index in [-0.39, 0.29) is 0 Å². The summed E-state index contributed by atoms with van der Waals surface area (Å²) in [7, 11) is 2.17. The van der Waals surface area contributed by atoms with E-state index in [4.69, 9.17) is 0 Å². The van der Waals surface area contributed by atoms with Crippen molar-refractivity contribution in [1.29, 1.82) is 0 Å². The lowest BCUT2D eigenvalue weighted by atomic mass is 9.98. The van der Waals surface area contributed by atoms with Gasteiger partial charge < -0.3 is 4.90 Å². The molecule has 0 radical (unpaired) electrons. The first kappa shape index (κ1) is 14.7. The molecule has 120 valence electrons. The second kappa shape index (κ2) is 5.98. The second-order valence-electron chi connectivity index (χ2n) is 6.73. The molecule has 0 saturated heterocycles. The molecule has 2 aromatic rings. The SMILES string of the molecule is CC1c2cccnc2CCN1Cc1cc2c(nn1)CCN(C)C2. The molecule has 0 bridgehead atoms. The summed E-state index contributed by atoms with van der Waals surface area (Å²) in [5, 5.41) is 8.95. The van der Waals surface area contributed by atoms with E-state index in [0.717, 1.165) is 44.7 Å². The second-order valence-corrected chi connectivity index (χ2v) is 6.73. The minimum Gasteiger partial charge on any atom is -0.302 e. The Morgan fingerprint density at radius 3 is 2.96 bits per heavy atom. The molecular formula is C18H23N5. The van der Waals surface area contributed by atoms with Crippen LogP contribution in [0.3, 0.4) is 0 Å². The maximum atomic E-state index is 4.52. The van der Waals surface area contributed by atoms with Crippen molar-refractivity contribution in [2.24, 2.45) is 0 Å². The molecule has 0 aliphatic carbocycles. The Hall–Kier alpha value is -1.85. The standard InChI is InChI=1S/C18H23N5/c1-13-16-4-3-7-19-18(16)6-9-23(13)12-15-10-14-11-22(2)8-5-17(14)21-20-15/h3-4,7,10,13H,5-6,8-9,11-12H2,1-2H3. The zero-order valence-electron chi connectivity index (χ0n) is 13.9. The number of pyridine rings is 1. The number of aromatic nitrogens is 3. The lowest BCUT2D eigenvalue weighted by molar-refractivity contribution is 0.184. The first-order chi connectivity index (χ1) is 11.2. The molecule has 0 fully saturated rings. The summed E-state index contributed by atoms with van der Waals surface area (Å²) in [6.45, 7) is 6.22. The van der Waals surface area contributed by atoms with Crippen LogP contribution in [0.1, 0.15) is 41.2 Å². The van der Waals surface area contributed by atoms with Crippen molar-refractivity contribution < 1.29 is 0 Å². The van der Waals surface area contributed by atoms with Gasteiger partial charge in [0.05, 0.1) is 11.4 Å². The van der Waals surface area contributed by atoms with Gasteiger partial charge in [-0.3, -0.25) is 9.88 Å². The molecule has 2 aliphatic rings. The minimum atomic E-state index is 0.382. The summed E-state index contributed by atoms with van der Waals surface area (Å²) in [6, 6.07) is 6.87. The highest BCUT2D eigenvalue weighted by molar-refractivity contribution is 5.27. The molecule has 4 rings (SSSR count). The molecular weight excluding hydrogens is 286 g/mol. The number of likely N-dealkylation sites (N-methyl/N-ethyl adjacent to an activating group) is 1. The Bertz CT molecular complexity index is 714. The Labute approximate surface area is 137 Å². The summed E-state index contributed by atoms with van der Waals surface area (Å²) in [4.78, 5) is 9.34. The van der Waals surface area contributed by atoms with Crippen molar-refractivity contribution in [1.82, 2.24) is 25.0 Å². The van der Waals surface area contributed by atoms with Crippen LogP contribution in [0.5, 0.6) is 0 Å². The summed E-state index contributed by atoms with van der Waals surface area (Å²) < 4.78 is 0. The monoisotopic (exact) mass is 309 g/mol. The van der Waals surface area contributed by atoms with E-state index in [2.05, 4.69) is 51.1 Å². The molecule has 1 atom stereocenters. The summed E-state index contributed by atoms with van der Waals surface area (Å²) in [6.07, 6.45) is 3.92. The van der Waals surface area contributed by atoms with Crippen molar-refractivity contribution in [2.75, 3.05) is 20.1 Å². The van der Waals surface area contributed by atoms with Gasteiger partial charge in [-0.15, -0.1) is 0 Å². The highest BCUT2D eigenvalue weighted by atomic mass is 15.2. The molecule has 0 N–H and O–H groups in total. The van der Waals surface area contributed by atoms with Gasteiger partial charge in [0.2, 0.25) is 0 Å². The van der Waals surface area contributed by atoms with Crippen LogP contribution in [0.25, 0.3) is 0 Å². The van der Waals surface area contributed by atoms with E-state index in [1.807, 2.05) is 12.3 Å². The van der Waals surface area contributed by atoms with Gasteiger partial charge in [-0.25, -0.2) is 0 Å². The predicted octanol–water partition coefficient (Wildman–Crippen LogP) is 1.98. The Balaban J connectivity index is 1.54. The molecule has 23 heavy (non-hydrogen) atoms. The largest absolute Gasteiger partial charge is 0.302 e. The van der Waals surface area contributed by atoms with E-state index in [0.29, 0.717) is 6.04 Å². The molecule has 5 heteroatoms. The number of nitrogens with zero attached hydrogens (tertiary/aromatic N) is 5. The predicted molar refractivity (Wildman–Crippen MR) is 88.8 cm³/mol. The van der Waals surface area contributed by atoms with Gasteiger partial charge in [0.25, 0.3) is 0 Å². The van der Waals surface area contributed by atoms with Gasteiger partial charge in [0, 0.05) is 57.0 Å². The van der Waals surface area contributed by atoms with Crippen molar-refractivity contribution in [3.8, 4) is 0 Å². The molecule has 5 nitrogen and oxygen atoms in total. The van der Waals surface area contributed by atoms with Crippen LogP contribution in [0, 0.1) is 0 Å². The number of fused-ring (bicyclic) bond motifs is 2. The lowest BCUT2D eigenvalue weighted by Crippen LogP contribution is -2.34. The van der Waals surface area contributed by atoms with E-state index in [9.17, 15) is 0 Å². The summed E-state index contributed by atoms with van der Waals surface area (Å²) in [5.74, 6) is 0. The number of rotatable bonds is 2. The Morgan fingerprint density at radius 1 is 1.17 bits per heavy atom. The first-order valence-electron chi connectivity index (χ1n) is 8.41. The first-order valence-corrected chi connectivity index (χ1v) is 8.41. The fourth-order valence-electron chi connectivity index (χ4n) is 3.70. The highest BCUT2D eigenvalue weighted by Crippen LogP contribution is 2.29. The van der Waals surface area contributed by atoms with Crippen molar-refractivity contribution in [2.45, 2.75) is 38.9 Å². The van der Waals surface area contributed by atoms with Crippen molar-refractivity contribution >= 4 is 0 Å². The average molecular weight is 309 g/mol. The number of hydrogen-bond donors (Lipinski definition) is 0. The Morgan fingerprint density at radius 2 is 2.04 bits per heavy atom. The van der Waals surface area contributed by atoms with E-state index in [1.54, 1.807) is 0 Å². The average Bonchev–Trinajstić information content (AvgIpc) is 2.57. The summed E-state index contributed by atoms with van der Waals surface area (Å²) in [5.41, 5.74) is 6.20. The topological polar surface area (TPSA) is 45.2 Å². The van der Waals surface area contributed by atoms with Gasteiger partial charge in [0.1, 0.15) is 0 Å². The maximum absolute atomic E-state index is 4.52. The highest BCUT2D eigenvalue weighted by Gasteiger charge is 2.25. The third-order valence-electron chi connectivity index (χ3n) is 5.11. The summed E-state index contributed by atoms with van der Waals surface area (Å²) >= 11 is 0. The molecule has 0 aromatic carbocycles. The van der Waals surface area contributed by atoms with Crippen LogP contribution < -0.4 is 0 Å². The molecule has 2 aliphatic heterocycles. The fraction of sp³-hybridized carbons (Fsp3) is 0.500. The quantitative estimate of drug-likeness (QED) is 0.849. The van der Waals surface area contributed by atoms with Crippen molar-refractivity contribution in [3.63, 3.8) is 0 Å². The van der Waals surface area contributed by atoms with Gasteiger partial charge in [-0.05, 0) is 37.2 Å². The van der Waals surface area contributed by atoms with Gasteiger partial charge in [0.15, 0.2) is 0 Å². The van der Waals surface area contributed by atoms with Crippen LogP contribution in [-0.2, 0) is 25.9 Å². The fourth-order valence-corrected chi connectivity index (χ4v) is 3.70. The maximum Gasteiger partial charge on any atom is 0.0774 e. The van der Waals surface area contributed by atoms with E-state index in [1.165, 1.54) is 22.5 Å². The molecule has 0 saturated carbocycles. The third-order valence-corrected chi connectivity index (χ3v) is 5.11. The van der Waals surface area contributed by atoms with Crippen LogP contribution in [0.2, 0.25) is 0 Å². The third kappa shape index (κ3) is 2.86. The minimum absolute atomic E-state index is 0.382. The number of hydrogen-bond acceptors (Lipinski definition) is 5. The van der Waals surface area contributed by atoms with Crippen molar-refractivity contribution in [3.05, 3.63) is 52.6 Å². The zero-order valence-corrected chi connectivity index (χ0v) is 13.9. The van der Waals surface area contributed by atoms with Crippen LogP contribution >= 0.6 is 0 Å². The zero-order chi connectivity index (χ0) is 15.8. The molecule has 1 unspecified atom stereocenters. The van der Waals surface area contributed by atoms with Crippen LogP contribution in [0.15, 0.2) is 24.4 Å². The van der Waals surface area contributed by atoms with Gasteiger partial charge >= 0.3 is 0 Å². The lowest BCUT2D eigenvalue weighted by Gasteiger charge is -2.34. The van der Waals surface area contributed by atoms with Gasteiger partial charge in [-0.1, -0.05) is 6.07 Å². The normalized spacial score (nSPS) is 21.7. The molecule has 2 aromatic heterocycles. The Kier molecular flexibility index (Phi) is 3.83. The molecule has 0 spiro atoms. The molecule has 0 amide bonds. The van der Waals surface area contributed by atoms with Gasteiger partial charge in [-0.2, -0.15) is 10.2 Å².